The average molecular weight is 305 g/mol. The predicted octanol–water partition coefficient (Wildman–Crippen LogP) is 2.84. The van der Waals surface area contributed by atoms with Crippen molar-refractivity contribution >= 4 is 23.2 Å². The molecule has 1 aliphatic heterocycles. The third kappa shape index (κ3) is 3.69. The molecule has 0 saturated carbocycles. The lowest BCUT2D eigenvalue weighted by Crippen LogP contribution is -2.33. The van der Waals surface area contributed by atoms with Crippen LogP contribution in [0, 0.1) is 6.92 Å². The van der Waals surface area contributed by atoms with E-state index in [1.54, 1.807) is 6.07 Å². The van der Waals surface area contributed by atoms with Gasteiger partial charge < -0.3 is 15.4 Å². The van der Waals surface area contributed by atoms with Crippen molar-refractivity contribution in [3.8, 4) is 0 Å². The summed E-state index contributed by atoms with van der Waals surface area (Å²) in [5.74, 6) is 0.482. The Labute approximate surface area is 128 Å². The Balaban J connectivity index is 1.81. The summed E-state index contributed by atoms with van der Waals surface area (Å²) in [4.78, 5) is 8.72. The maximum Gasteiger partial charge on any atom is 0.228 e. The molecule has 2 heterocycles. The van der Waals surface area contributed by atoms with Crippen LogP contribution in [0.1, 0.15) is 17.4 Å². The Kier molecular flexibility index (Phi) is 4.34. The van der Waals surface area contributed by atoms with Gasteiger partial charge in [0.1, 0.15) is 11.3 Å². The van der Waals surface area contributed by atoms with E-state index in [4.69, 9.17) is 16.3 Å². The van der Waals surface area contributed by atoms with Gasteiger partial charge in [0.25, 0.3) is 0 Å². The van der Waals surface area contributed by atoms with Gasteiger partial charge in [-0.2, -0.15) is 0 Å². The molecule has 0 aliphatic carbocycles. The van der Waals surface area contributed by atoms with Crippen LogP contribution in [0.15, 0.2) is 30.3 Å². The molecule has 1 saturated heterocycles. The molecule has 1 aliphatic rings. The lowest BCUT2D eigenvalue weighted by molar-refractivity contribution is 0.0250. The summed E-state index contributed by atoms with van der Waals surface area (Å²) in [6.07, 6.45) is -0.0854. The van der Waals surface area contributed by atoms with Crippen molar-refractivity contribution in [3.63, 3.8) is 0 Å². The highest BCUT2D eigenvalue weighted by molar-refractivity contribution is 6.29. The number of rotatable bonds is 3. The molecule has 0 spiro atoms. The van der Waals surface area contributed by atoms with Gasteiger partial charge in [0, 0.05) is 18.8 Å². The Morgan fingerprint density at radius 3 is 2.81 bits per heavy atom. The first-order chi connectivity index (χ1) is 10.2. The Morgan fingerprint density at radius 1 is 1.29 bits per heavy atom. The van der Waals surface area contributed by atoms with Gasteiger partial charge in [-0.05, 0) is 25.1 Å². The van der Waals surface area contributed by atoms with E-state index in [1.165, 1.54) is 5.56 Å². The fourth-order valence-electron chi connectivity index (χ4n) is 2.18. The second kappa shape index (κ2) is 6.39. The summed E-state index contributed by atoms with van der Waals surface area (Å²) in [6.45, 7) is 4.32. The second-order valence-corrected chi connectivity index (χ2v) is 5.38. The number of anilines is 2. The molecule has 1 fully saturated rings. The molecule has 21 heavy (non-hydrogen) atoms. The first-order valence-electron chi connectivity index (χ1n) is 6.91. The molecule has 1 unspecified atom stereocenters. The molecule has 1 aromatic heterocycles. The minimum atomic E-state index is -0.0854. The Bertz CT molecular complexity index is 612. The third-order valence-corrected chi connectivity index (χ3v) is 3.47. The van der Waals surface area contributed by atoms with Crippen molar-refractivity contribution in [3.05, 3.63) is 46.7 Å². The van der Waals surface area contributed by atoms with Crippen LogP contribution in [-0.4, -0.2) is 29.7 Å². The second-order valence-electron chi connectivity index (χ2n) is 4.99. The number of nitrogens with zero attached hydrogens (tertiary/aromatic N) is 2. The molecule has 2 N–H and O–H groups in total. The van der Waals surface area contributed by atoms with Crippen molar-refractivity contribution < 1.29 is 4.74 Å². The van der Waals surface area contributed by atoms with Crippen molar-refractivity contribution in [1.29, 1.82) is 0 Å². The fourth-order valence-corrected chi connectivity index (χ4v) is 2.37. The highest BCUT2D eigenvalue weighted by Crippen LogP contribution is 2.22. The van der Waals surface area contributed by atoms with Crippen LogP contribution in [0.2, 0.25) is 5.15 Å². The van der Waals surface area contributed by atoms with E-state index in [-0.39, 0.29) is 6.10 Å². The summed E-state index contributed by atoms with van der Waals surface area (Å²) in [5, 5.41) is 6.85. The summed E-state index contributed by atoms with van der Waals surface area (Å²) in [7, 11) is 0. The third-order valence-electron chi connectivity index (χ3n) is 3.28. The number of hydrogen-bond acceptors (Lipinski definition) is 5. The normalized spacial score (nSPS) is 18.5. The quantitative estimate of drug-likeness (QED) is 0.854. The highest BCUT2D eigenvalue weighted by Gasteiger charge is 2.18. The van der Waals surface area contributed by atoms with Crippen LogP contribution in [0.25, 0.3) is 0 Å². The van der Waals surface area contributed by atoms with Crippen LogP contribution in [0.5, 0.6) is 0 Å². The van der Waals surface area contributed by atoms with Gasteiger partial charge in [-0.15, -0.1) is 0 Å². The molecule has 3 rings (SSSR count). The molecule has 6 heteroatoms. The van der Waals surface area contributed by atoms with Crippen LogP contribution in [-0.2, 0) is 4.74 Å². The number of hydrogen-bond donors (Lipinski definition) is 2. The zero-order chi connectivity index (χ0) is 14.7. The van der Waals surface area contributed by atoms with Gasteiger partial charge in [0.15, 0.2) is 0 Å². The fraction of sp³-hybridized carbons (Fsp3) is 0.333. The van der Waals surface area contributed by atoms with Gasteiger partial charge in [-0.3, -0.25) is 0 Å². The maximum atomic E-state index is 6.09. The zero-order valence-corrected chi connectivity index (χ0v) is 12.5. The first-order valence-corrected chi connectivity index (χ1v) is 7.29. The number of aryl methyl sites for hydroxylation is 1. The molecule has 2 aromatic rings. The van der Waals surface area contributed by atoms with Crippen molar-refractivity contribution in [1.82, 2.24) is 15.3 Å². The summed E-state index contributed by atoms with van der Waals surface area (Å²) < 4.78 is 5.70. The number of ether oxygens (including phenoxy) is 1. The van der Waals surface area contributed by atoms with Crippen LogP contribution in [0.4, 0.5) is 11.6 Å². The number of morpholine rings is 1. The van der Waals surface area contributed by atoms with Gasteiger partial charge >= 0.3 is 0 Å². The summed E-state index contributed by atoms with van der Waals surface area (Å²) in [6, 6.07) is 9.78. The minimum absolute atomic E-state index is 0.0854. The molecule has 1 aromatic carbocycles. The van der Waals surface area contributed by atoms with E-state index in [0.29, 0.717) is 17.7 Å². The van der Waals surface area contributed by atoms with Gasteiger partial charge in [-0.1, -0.05) is 29.3 Å². The van der Waals surface area contributed by atoms with Gasteiger partial charge in [-0.25, -0.2) is 9.97 Å². The van der Waals surface area contributed by atoms with E-state index >= 15 is 0 Å². The molecule has 110 valence electrons. The lowest BCUT2D eigenvalue weighted by atomic mass is 10.2. The largest absolute Gasteiger partial charge is 0.369 e. The SMILES string of the molecule is Cc1ccc(Nc2nc(Cl)cc(C3CNCCO3)n2)cc1. The molecule has 0 bridgehead atoms. The molecule has 5 nitrogen and oxygen atoms in total. The van der Waals surface area contributed by atoms with Gasteiger partial charge in [0.05, 0.1) is 12.3 Å². The number of nitrogens with one attached hydrogen (secondary N) is 2. The minimum Gasteiger partial charge on any atom is -0.369 e. The molecule has 1 atom stereocenters. The summed E-state index contributed by atoms with van der Waals surface area (Å²) >= 11 is 6.09. The predicted molar refractivity (Wildman–Crippen MR) is 83.1 cm³/mol. The van der Waals surface area contributed by atoms with Crippen molar-refractivity contribution in [2.24, 2.45) is 0 Å². The Hall–Kier alpha value is -1.69. The van der Waals surface area contributed by atoms with E-state index in [2.05, 4.69) is 20.6 Å². The van der Waals surface area contributed by atoms with E-state index in [0.717, 1.165) is 24.5 Å². The molecular formula is C15H17ClN4O. The van der Waals surface area contributed by atoms with Crippen LogP contribution in [0.3, 0.4) is 0 Å². The van der Waals surface area contributed by atoms with Crippen LogP contribution >= 0.6 is 11.6 Å². The van der Waals surface area contributed by atoms with Crippen LogP contribution < -0.4 is 10.6 Å². The Morgan fingerprint density at radius 2 is 2.10 bits per heavy atom. The van der Waals surface area contributed by atoms with E-state index in [1.807, 2.05) is 31.2 Å². The van der Waals surface area contributed by atoms with Crippen molar-refractivity contribution in [2.45, 2.75) is 13.0 Å². The first kappa shape index (κ1) is 14.3. The lowest BCUT2D eigenvalue weighted by Gasteiger charge is -2.23. The summed E-state index contributed by atoms with van der Waals surface area (Å²) in [5.41, 5.74) is 2.92. The zero-order valence-electron chi connectivity index (χ0n) is 11.8. The van der Waals surface area contributed by atoms with E-state index in [9.17, 15) is 0 Å². The molecule has 0 radical (unpaired) electrons. The average Bonchev–Trinajstić information content (AvgIpc) is 2.50. The van der Waals surface area contributed by atoms with Gasteiger partial charge in [0.2, 0.25) is 5.95 Å². The maximum absolute atomic E-state index is 6.09. The standard InChI is InChI=1S/C15H17ClN4O/c1-10-2-4-11(5-3-10)18-15-19-12(8-14(16)20-15)13-9-17-6-7-21-13/h2-5,8,13,17H,6-7,9H2,1H3,(H,18,19,20). The number of benzene rings is 1. The number of halogens is 1. The smallest absolute Gasteiger partial charge is 0.228 e. The highest BCUT2D eigenvalue weighted by atomic mass is 35.5. The molecule has 0 amide bonds. The topological polar surface area (TPSA) is 59.1 Å². The molecular weight excluding hydrogens is 288 g/mol. The monoisotopic (exact) mass is 304 g/mol. The van der Waals surface area contributed by atoms with Crippen molar-refractivity contribution in [2.75, 3.05) is 25.0 Å². The van der Waals surface area contributed by atoms with E-state index < -0.39 is 0 Å². The number of aromatic nitrogens is 2.